The molecule has 0 atom stereocenters. The van der Waals surface area contributed by atoms with Crippen molar-refractivity contribution < 1.29 is 23.1 Å². The summed E-state index contributed by atoms with van der Waals surface area (Å²) in [6.45, 7) is 0.0748. The summed E-state index contributed by atoms with van der Waals surface area (Å²) in [6.07, 6.45) is 5.66. The molecule has 0 bridgehead atoms. The van der Waals surface area contributed by atoms with Gasteiger partial charge in [0, 0.05) is 59.8 Å². The Kier molecular flexibility index (Phi) is 6.42. The number of carbonyl (C=O) groups is 2. The highest BCUT2D eigenvalue weighted by Gasteiger charge is 2.48. The Morgan fingerprint density at radius 3 is 2.67 bits per heavy atom. The summed E-state index contributed by atoms with van der Waals surface area (Å²) in [5, 5.41) is 9.31. The highest BCUT2D eigenvalue weighted by molar-refractivity contribution is 6.31. The van der Waals surface area contributed by atoms with Gasteiger partial charge in [0.2, 0.25) is 5.91 Å². The molecule has 2 fully saturated rings. The lowest BCUT2D eigenvalue weighted by Crippen LogP contribution is -2.60. The van der Waals surface area contributed by atoms with Crippen LogP contribution in [0.25, 0.3) is 28.2 Å². The maximum Gasteiger partial charge on any atom is 0.387 e. The lowest BCUT2D eigenvalue weighted by atomic mass is 9.79. The molecular formula is C26H25ClF2N8O3. The van der Waals surface area contributed by atoms with Crippen molar-refractivity contribution in [3.8, 4) is 28.3 Å². The van der Waals surface area contributed by atoms with Crippen LogP contribution in [0.4, 0.5) is 8.78 Å². The number of primary amides is 1. The second kappa shape index (κ2) is 9.82. The minimum absolute atomic E-state index is 0.0149. The largest absolute Gasteiger partial charge is 0.434 e. The van der Waals surface area contributed by atoms with Crippen molar-refractivity contribution in [3.63, 3.8) is 0 Å². The number of nitrogens with zero attached hydrogens (tertiary/aromatic N) is 7. The molecule has 40 heavy (non-hydrogen) atoms. The second-order valence-electron chi connectivity index (χ2n) is 10.3. The number of aromatic nitrogens is 5. The van der Waals surface area contributed by atoms with E-state index in [2.05, 4.69) is 27.1 Å². The second-order valence-corrected chi connectivity index (χ2v) is 10.8. The molecule has 2 aliphatic heterocycles. The quantitative estimate of drug-likeness (QED) is 0.362. The third kappa shape index (κ3) is 4.64. The minimum Gasteiger partial charge on any atom is -0.434 e. The zero-order valence-electron chi connectivity index (χ0n) is 21.4. The Hall–Kier alpha value is -4.10. The molecule has 11 nitrogen and oxygen atoms in total. The van der Waals surface area contributed by atoms with E-state index in [9.17, 15) is 18.4 Å². The van der Waals surface area contributed by atoms with Crippen LogP contribution < -0.4 is 10.5 Å². The molecule has 0 saturated carbocycles. The van der Waals surface area contributed by atoms with Crippen LogP contribution in [-0.4, -0.2) is 85.8 Å². The summed E-state index contributed by atoms with van der Waals surface area (Å²) >= 11 is 6.23. The molecule has 2 amide bonds. The van der Waals surface area contributed by atoms with Crippen LogP contribution in [0, 0.1) is 5.41 Å². The van der Waals surface area contributed by atoms with Gasteiger partial charge in [0.05, 0.1) is 0 Å². The highest BCUT2D eigenvalue weighted by Crippen LogP contribution is 2.41. The summed E-state index contributed by atoms with van der Waals surface area (Å²) in [6, 6.07) is 5.76. The van der Waals surface area contributed by atoms with Crippen LogP contribution >= 0.6 is 11.6 Å². The summed E-state index contributed by atoms with van der Waals surface area (Å²) in [7, 11) is 2.07. The number of carbonyl (C=O) groups excluding carboxylic acids is 2. The number of halogens is 3. The van der Waals surface area contributed by atoms with Crippen molar-refractivity contribution in [1.82, 2.24) is 34.2 Å². The van der Waals surface area contributed by atoms with Crippen molar-refractivity contribution in [2.24, 2.45) is 11.1 Å². The van der Waals surface area contributed by atoms with Crippen molar-refractivity contribution in [2.75, 3.05) is 33.2 Å². The van der Waals surface area contributed by atoms with Gasteiger partial charge in [0.1, 0.15) is 29.2 Å². The topological polar surface area (TPSA) is 124 Å². The zero-order chi connectivity index (χ0) is 28.2. The van der Waals surface area contributed by atoms with Gasteiger partial charge in [-0.25, -0.2) is 9.50 Å². The molecule has 14 heteroatoms. The molecule has 4 aromatic rings. The molecule has 1 spiro atoms. The zero-order valence-corrected chi connectivity index (χ0v) is 22.2. The summed E-state index contributed by atoms with van der Waals surface area (Å²) in [5.74, 6) is -1.11. The van der Waals surface area contributed by atoms with Crippen LogP contribution in [0.2, 0.25) is 5.02 Å². The van der Waals surface area contributed by atoms with Gasteiger partial charge in [-0.2, -0.15) is 19.0 Å². The van der Waals surface area contributed by atoms with Crippen LogP contribution in [-0.2, 0) is 11.3 Å². The van der Waals surface area contributed by atoms with Gasteiger partial charge in [0.15, 0.2) is 5.65 Å². The molecule has 208 valence electrons. The highest BCUT2D eigenvalue weighted by atomic mass is 35.5. The van der Waals surface area contributed by atoms with E-state index in [1.807, 2.05) is 0 Å². The monoisotopic (exact) mass is 570 g/mol. The average Bonchev–Trinajstić information content (AvgIpc) is 3.58. The minimum atomic E-state index is -3.11. The van der Waals surface area contributed by atoms with Crippen molar-refractivity contribution in [1.29, 1.82) is 0 Å². The third-order valence-electron chi connectivity index (χ3n) is 7.40. The number of rotatable bonds is 7. The molecule has 5 heterocycles. The summed E-state index contributed by atoms with van der Waals surface area (Å²) < 4.78 is 34.1. The Labute approximate surface area is 232 Å². The van der Waals surface area contributed by atoms with Crippen LogP contribution in [0.15, 0.2) is 42.9 Å². The third-order valence-corrected chi connectivity index (χ3v) is 7.64. The van der Waals surface area contributed by atoms with Crippen molar-refractivity contribution in [3.05, 3.63) is 53.4 Å². The van der Waals surface area contributed by atoms with E-state index in [4.69, 9.17) is 22.1 Å². The first kappa shape index (κ1) is 26.1. The Morgan fingerprint density at radius 1 is 1.18 bits per heavy atom. The molecule has 3 aromatic heterocycles. The van der Waals surface area contributed by atoms with E-state index >= 15 is 0 Å². The fourth-order valence-electron chi connectivity index (χ4n) is 5.66. The summed E-state index contributed by atoms with van der Waals surface area (Å²) in [4.78, 5) is 34.0. The van der Waals surface area contributed by atoms with E-state index in [1.54, 1.807) is 17.2 Å². The molecule has 1 aromatic carbocycles. The maximum atomic E-state index is 13.3. The smallest absolute Gasteiger partial charge is 0.387 e. The van der Waals surface area contributed by atoms with Crippen molar-refractivity contribution in [2.45, 2.75) is 19.6 Å². The number of hydrogen-bond acceptors (Lipinski definition) is 7. The molecule has 2 saturated heterocycles. The number of alkyl halides is 2. The molecular weight excluding hydrogens is 546 g/mol. The first-order valence-corrected chi connectivity index (χ1v) is 12.9. The number of likely N-dealkylation sites (tertiary alicyclic amines) is 2. The molecule has 0 unspecified atom stereocenters. The van der Waals surface area contributed by atoms with E-state index in [-0.39, 0.29) is 62.4 Å². The van der Waals surface area contributed by atoms with E-state index in [0.29, 0.717) is 13.1 Å². The van der Waals surface area contributed by atoms with Gasteiger partial charge in [0.25, 0.3) is 5.91 Å². The Balaban J connectivity index is 1.42. The lowest BCUT2D eigenvalue weighted by Gasteiger charge is -2.48. The van der Waals surface area contributed by atoms with Gasteiger partial charge in [-0.15, -0.1) is 0 Å². The number of benzene rings is 1. The van der Waals surface area contributed by atoms with Crippen LogP contribution in [0.5, 0.6) is 5.75 Å². The van der Waals surface area contributed by atoms with Crippen molar-refractivity contribution >= 4 is 29.1 Å². The fourth-order valence-corrected chi connectivity index (χ4v) is 5.83. The molecule has 0 aliphatic carbocycles. The van der Waals surface area contributed by atoms with E-state index in [1.165, 1.54) is 39.8 Å². The fraction of sp³-hybridized carbons (Fsp3) is 0.346. The predicted octanol–water partition coefficient (Wildman–Crippen LogP) is 2.78. The average molecular weight is 571 g/mol. The van der Waals surface area contributed by atoms with Gasteiger partial charge >= 0.3 is 6.61 Å². The molecule has 2 aliphatic rings. The number of fused-ring (bicyclic) bond motifs is 1. The maximum absolute atomic E-state index is 13.3. The standard InChI is InChI=1S/C26H25ClF2N8O3/c1-34-8-5-26(12-34)13-35(14-26)19(38)11-36-10-17(22-20(23(30)39)24-31-6-2-7-37(24)33-22)21(32-36)16-9-15(27)3-4-18(16)40-25(28)29/h2-4,6-7,9-10,25H,5,8,11-14H2,1H3,(H2,30,39). The molecule has 6 rings (SSSR count). The molecule has 2 N–H and O–H groups in total. The van der Waals surface area contributed by atoms with Gasteiger partial charge in [-0.3, -0.25) is 14.3 Å². The van der Waals surface area contributed by atoms with Gasteiger partial charge in [-0.1, -0.05) is 11.6 Å². The first-order chi connectivity index (χ1) is 19.1. The normalized spacial score (nSPS) is 16.7. The number of amides is 2. The number of hydrogen-bond donors (Lipinski definition) is 1. The molecule has 0 radical (unpaired) electrons. The van der Waals surface area contributed by atoms with E-state index < -0.39 is 12.5 Å². The number of nitrogens with two attached hydrogens (primary N) is 1. The number of ether oxygens (including phenoxy) is 1. The first-order valence-electron chi connectivity index (χ1n) is 12.5. The lowest BCUT2D eigenvalue weighted by molar-refractivity contribution is -0.143. The Bertz CT molecular complexity index is 1630. The van der Waals surface area contributed by atoms with Gasteiger partial charge < -0.3 is 20.3 Å². The van der Waals surface area contributed by atoms with Crippen LogP contribution in [0.1, 0.15) is 16.8 Å². The summed E-state index contributed by atoms with van der Waals surface area (Å²) in [5.41, 5.74) is 6.74. The Morgan fingerprint density at radius 2 is 1.98 bits per heavy atom. The van der Waals surface area contributed by atoms with E-state index in [0.717, 1.165) is 19.5 Å². The predicted molar refractivity (Wildman–Crippen MR) is 141 cm³/mol. The van der Waals surface area contributed by atoms with Gasteiger partial charge in [-0.05, 0) is 44.3 Å². The SMILES string of the molecule is CN1CCC2(C1)CN(C(=O)Cn1cc(-c3nn4cccnc4c3C(N)=O)c(-c3cc(Cl)ccc3OC(F)F)n1)C2. The van der Waals surface area contributed by atoms with Crippen LogP contribution in [0.3, 0.4) is 0 Å².